The van der Waals surface area contributed by atoms with E-state index in [1.54, 1.807) is 19.5 Å². The summed E-state index contributed by atoms with van der Waals surface area (Å²) in [5.74, 6) is 0.753. The van der Waals surface area contributed by atoms with Crippen molar-refractivity contribution in [1.29, 1.82) is 0 Å². The predicted molar refractivity (Wildman–Crippen MR) is 60.6 cm³/mol. The van der Waals surface area contributed by atoms with Gasteiger partial charge in [-0.25, -0.2) is 0 Å². The van der Waals surface area contributed by atoms with Crippen LogP contribution in [0.15, 0.2) is 42.7 Å². The van der Waals surface area contributed by atoms with Gasteiger partial charge in [-0.3, -0.25) is 4.98 Å². The third-order valence-electron chi connectivity index (χ3n) is 2.20. The Labute approximate surface area is 88.5 Å². The van der Waals surface area contributed by atoms with Crippen LogP contribution in [0.5, 0.6) is 5.75 Å². The minimum absolute atomic E-state index is 0.742. The Morgan fingerprint density at radius 1 is 1.27 bits per heavy atom. The van der Waals surface area contributed by atoms with Crippen molar-refractivity contribution < 1.29 is 4.74 Å². The van der Waals surface area contributed by atoms with E-state index < -0.39 is 0 Å². The first-order valence-electron chi connectivity index (χ1n) is 4.65. The molecule has 0 saturated heterocycles. The zero-order valence-electron chi connectivity index (χ0n) is 8.47. The lowest BCUT2D eigenvalue weighted by atomic mass is 10.1. The summed E-state index contributed by atoms with van der Waals surface area (Å²) in [5, 5.41) is 0. The lowest BCUT2D eigenvalue weighted by Crippen LogP contribution is -1.90. The van der Waals surface area contributed by atoms with Gasteiger partial charge in [0.05, 0.1) is 13.3 Å². The largest absolute Gasteiger partial charge is 0.494 e. The summed E-state index contributed by atoms with van der Waals surface area (Å²) in [6, 6.07) is 9.60. The number of anilines is 1. The topological polar surface area (TPSA) is 48.1 Å². The van der Waals surface area contributed by atoms with Crippen molar-refractivity contribution in [1.82, 2.24) is 4.98 Å². The molecule has 0 aliphatic heterocycles. The molecule has 76 valence electrons. The van der Waals surface area contributed by atoms with Gasteiger partial charge in [0, 0.05) is 17.4 Å². The maximum Gasteiger partial charge on any atom is 0.144 e. The van der Waals surface area contributed by atoms with Gasteiger partial charge in [0.1, 0.15) is 5.75 Å². The first-order valence-corrected chi connectivity index (χ1v) is 4.65. The van der Waals surface area contributed by atoms with Crippen LogP contribution < -0.4 is 10.5 Å². The molecule has 2 rings (SSSR count). The second kappa shape index (κ2) is 4.00. The van der Waals surface area contributed by atoms with E-state index in [4.69, 9.17) is 10.5 Å². The zero-order chi connectivity index (χ0) is 10.7. The van der Waals surface area contributed by atoms with E-state index in [0.29, 0.717) is 0 Å². The molecule has 0 saturated carbocycles. The van der Waals surface area contributed by atoms with Gasteiger partial charge in [0.2, 0.25) is 0 Å². The Balaban J connectivity index is 2.53. The van der Waals surface area contributed by atoms with Crippen LogP contribution in [0.2, 0.25) is 0 Å². The maximum absolute atomic E-state index is 5.73. The zero-order valence-corrected chi connectivity index (χ0v) is 8.47. The van der Waals surface area contributed by atoms with Gasteiger partial charge in [-0.05, 0) is 23.8 Å². The summed E-state index contributed by atoms with van der Waals surface area (Å²) in [6.45, 7) is 0. The number of hydrogen-bond donors (Lipinski definition) is 1. The maximum atomic E-state index is 5.73. The molecule has 0 fully saturated rings. The Morgan fingerprint density at radius 3 is 2.87 bits per heavy atom. The van der Waals surface area contributed by atoms with Crippen LogP contribution in [-0.4, -0.2) is 12.1 Å². The van der Waals surface area contributed by atoms with Gasteiger partial charge in [-0.1, -0.05) is 12.1 Å². The summed E-state index contributed by atoms with van der Waals surface area (Å²) < 4.78 is 5.24. The van der Waals surface area contributed by atoms with E-state index in [9.17, 15) is 0 Å². The molecule has 2 N–H and O–H groups in total. The quantitative estimate of drug-likeness (QED) is 0.757. The number of nitrogens with zero attached hydrogens (tertiary/aromatic N) is 1. The molecule has 3 nitrogen and oxygen atoms in total. The van der Waals surface area contributed by atoms with Gasteiger partial charge >= 0.3 is 0 Å². The summed E-state index contributed by atoms with van der Waals surface area (Å²) in [4.78, 5) is 4.01. The monoisotopic (exact) mass is 200 g/mol. The van der Waals surface area contributed by atoms with Gasteiger partial charge in [0.25, 0.3) is 0 Å². The summed E-state index contributed by atoms with van der Waals surface area (Å²) in [5.41, 5.74) is 8.51. The fourth-order valence-corrected chi connectivity index (χ4v) is 1.49. The number of pyridine rings is 1. The van der Waals surface area contributed by atoms with Crippen molar-refractivity contribution in [3.05, 3.63) is 42.7 Å². The van der Waals surface area contributed by atoms with Crippen molar-refractivity contribution in [2.75, 3.05) is 12.8 Å². The molecule has 2 aromatic rings. The van der Waals surface area contributed by atoms with E-state index in [2.05, 4.69) is 4.98 Å². The first kappa shape index (κ1) is 9.52. The van der Waals surface area contributed by atoms with Crippen LogP contribution in [0.3, 0.4) is 0 Å². The Hall–Kier alpha value is -2.03. The molecule has 0 atom stereocenters. The van der Waals surface area contributed by atoms with Crippen LogP contribution >= 0.6 is 0 Å². The third-order valence-corrected chi connectivity index (χ3v) is 2.20. The van der Waals surface area contributed by atoms with Crippen LogP contribution in [0.4, 0.5) is 5.69 Å². The fourth-order valence-electron chi connectivity index (χ4n) is 1.49. The molecule has 3 heteroatoms. The summed E-state index contributed by atoms with van der Waals surface area (Å²) >= 11 is 0. The van der Waals surface area contributed by atoms with Crippen LogP contribution in [0, 0.1) is 0 Å². The third kappa shape index (κ3) is 1.91. The molecule has 1 aromatic carbocycles. The summed E-state index contributed by atoms with van der Waals surface area (Å²) in [6.07, 6.45) is 3.43. The molecule has 1 heterocycles. The first-order chi connectivity index (χ1) is 7.31. The van der Waals surface area contributed by atoms with Crippen molar-refractivity contribution in [2.24, 2.45) is 0 Å². The van der Waals surface area contributed by atoms with Gasteiger partial charge < -0.3 is 10.5 Å². The number of rotatable bonds is 2. The molecule has 0 bridgehead atoms. The van der Waals surface area contributed by atoms with Crippen LogP contribution in [-0.2, 0) is 0 Å². The highest BCUT2D eigenvalue weighted by molar-refractivity contribution is 5.72. The number of hydrogen-bond acceptors (Lipinski definition) is 3. The number of ether oxygens (including phenoxy) is 1. The van der Waals surface area contributed by atoms with E-state index in [-0.39, 0.29) is 0 Å². The van der Waals surface area contributed by atoms with E-state index in [1.165, 1.54) is 0 Å². The number of nitrogens with two attached hydrogens (primary N) is 1. The second-order valence-electron chi connectivity index (χ2n) is 3.20. The molecule has 0 unspecified atom stereocenters. The highest BCUT2D eigenvalue weighted by Gasteiger charge is 2.04. The van der Waals surface area contributed by atoms with Gasteiger partial charge in [-0.15, -0.1) is 0 Å². The van der Waals surface area contributed by atoms with Crippen molar-refractivity contribution in [3.63, 3.8) is 0 Å². The van der Waals surface area contributed by atoms with Gasteiger partial charge in [-0.2, -0.15) is 0 Å². The minimum atomic E-state index is 0.742. The highest BCUT2D eigenvalue weighted by atomic mass is 16.5. The van der Waals surface area contributed by atoms with Crippen molar-refractivity contribution in [3.8, 4) is 16.9 Å². The normalized spacial score (nSPS) is 9.93. The minimum Gasteiger partial charge on any atom is -0.494 e. The average Bonchev–Trinajstić information content (AvgIpc) is 2.29. The lowest BCUT2D eigenvalue weighted by Gasteiger charge is -2.07. The van der Waals surface area contributed by atoms with E-state index >= 15 is 0 Å². The number of methoxy groups -OCH3 is 1. The lowest BCUT2D eigenvalue weighted by molar-refractivity contribution is 0.414. The van der Waals surface area contributed by atoms with Crippen LogP contribution in [0.25, 0.3) is 11.1 Å². The molecule has 0 spiro atoms. The average molecular weight is 200 g/mol. The summed E-state index contributed by atoms with van der Waals surface area (Å²) in [7, 11) is 1.63. The van der Waals surface area contributed by atoms with E-state index in [0.717, 1.165) is 22.6 Å². The molecular weight excluding hydrogens is 188 g/mol. The SMILES string of the molecule is COc1cnccc1-c1cccc(N)c1. The molecule has 1 aromatic heterocycles. The van der Waals surface area contributed by atoms with Crippen molar-refractivity contribution >= 4 is 5.69 Å². The number of benzene rings is 1. The highest BCUT2D eigenvalue weighted by Crippen LogP contribution is 2.29. The molecular formula is C12H12N2O. The Kier molecular flexibility index (Phi) is 2.54. The Morgan fingerprint density at radius 2 is 2.13 bits per heavy atom. The predicted octanol–water partition coefficient (Wildman–Crippen LogP) is 2.34. The molecule has 0 radical (unpaired) electrons. The molecule has 0 aliphatic carbocycles. The Bertz CT molecular complexity index is 469. The standard InChI is InChI=1S/C12H12N2O/c1-15-12-8-14-6-5-11(12)9-3-2-4-10(13)7-9/h2-8H,13H2,1H3. The second-order valence-corrected chi connectivity index (χ2v) is 3.20. The molecule has 0 aliphatic rings. The molecule has 0 amide bonds. The van der Waals surface area contributed by atoms with Gasteiger partial charge in [0.15, 0.2) is 0 Å². The van der Waals surface area contributed by atoms with E-state index in [1.807, 2.05) is 30.3 Å². The number of nitrogen functional groups attached to an aromatic ring is 1. The molecule has 15 heavy (non-hydrogen) atoms. The number of aromatic nitrogens is 1. The fraction of sp³-hybridized carbons (Fsp3) is 0.0833. The van der Waals surface area contributed by atoms with Crippen molar-refractivity contribution in [2.45, 2.75) is 0 Å². The smallest absolute Gasteiger partial charge is 0.144 e. The van der Waals surface area contributed by atoms with Crippen LogP contribution in [0.1, 0.15) is 0 Å².